The predicted octanol–water partition coefficient (Wildman–Crippen LogP) is 6.95. The van der Waals surface area contributed by atoms with Crippen molar-refractivity contribution in [2.75, 3.05) is 0 Å². The van der Waals surface area contributed by atoms with Crippen molar-refractivity contribution in [1.82, 2.24) is 10.2 Å². The van der Waals surface area contributed by atoms with Crippen molar-refractivity contribution in [2.45, 2.75) is 112 Å². The summed E-state index contributed by atoms with van der Waals surface area (Å²) in [5.74, 6) is 1.01. The normalized spacial score (nSPS) is 45.7. The second-order valence-corrected chi connectivity index (χ2v) is 15.9. The van der Waals surface area contributed by atoms with E-state index in [0.29, 0.717) is 5.89 Å². The van der Waals surface area contributed by atoms with Gasteiger partial charge in [0, 0.05) is 22.2 Å². The lowest BCUT2D eigenvalue weighted by molar-refractivity contribution is -0.166. The van der Waals surface area contributed by atoms with E-state index in [2.05, 4.69) is 49.7 Å². The first-order chi connectivity index (χ1) is 19.0. The second kappa shape index (κ2) is 8.49. The number of ketones is 2. The molecule has 41 heavy (non-hydrogen) atoms. The van der Waals surface area contributed by atoms with Crippen LogP contribution in [0.2, 0.25) is 0 Å². The average molecular weight is 560 g/mol. The molecule has 0 aliphatic heterocycles. The third-order valence-electron chi connectivity index (χ3n) is 13.4. The molecule has 7 heteroatoms. The lowest BCUT2D eigenvalue weighted by atomic mass is 9.34. The summed E-state index contributed by atoms with van der Waals surface area (Å²) in [6.45, 7) is 24.8. The van der Waals surface area contributed by atoms with E-state index in [4.69, 9.17) is 11.0 Å². The monoisotopic (exact) mass is 559 g/mol. The third kappa shape index (κ3) is 3.52. The first-order valence-electron chi connectivity index (χ1n) is 15.4. The molecule has 0 saturated heterocycles. The van der Waals surface area contributed by atoms with Gasteiger partial charge in [-0.2, -0.15) is 0 Å². The minimum Gasteiger partial charge on any atom is -0.422 e. The predicted molar refractivity (Wildman–Crippen MR) is 154 cm³/mol. The van der Waals surface area contributed by atoms with Crippen LogP contribution in [0.25, 0.3) is 4.85 Å². The van der Waals surface area contributed by atoms with E-state index < -0.39 is 16.9 Å². The maximum absolute atomic E-state index is 14.6. The van der Waals surface area contributed by atoms with Gasteiger partial charge in [-0.05, 0) is 86.0 Å². The number of fused-ring (bicyclic) bond motifs is 7. The molecule has 6 rings (SSSR count). The van der Waals surface area contributed by atoms with Gasteiger partial charge in [-0.1, -0.05) is 60.1 Å². The molecule has 1 heterocycles. The zero-order valence-electron chi connectivity index (χ0n) is 25.9. The van der Waals surface area contributed by atoms with E-state index in [-0.39, 0.29) is 62.6 Å². The fourth-order valence-electron chi connectivity index (χ4n) is 10.5. The molecule has 1 N–H and O–H groups in total. The highest BCUT2D eigenvalue weighted by Crippen LogP contribution is 2.74. The lowest BCUT2D eigenvalue weighted by Crippen LogP contribution is -2.64. The molecule has 1 aromatic rings. The van der Waals surface area contributed by atoms with Crippen LogP contribution < -0.4 is 0 Å². The summed E-state index contributed by atoms with van der Waals surface area (Å²) in [5.41, 5.74) is -0.613. The van der Waals surface area contributed by atoms with Gasteiger partial charge >= 0.3 is 0 Å². The van der Waals surface area contributed by atoms with Crippen molar-refractivity contribution in [2.24, 2.45) is 44.8 Å². The highest BCUT2D eigenvalue weighted by molar-refractivity contribution is 6.03. The highest BCUT2D eigenvalue weighted by atomic mass is 16.4. The van der Waals surface area contributed by atoms with Crippen molar-refractivity contribution in [3.05, 3.63) is 46.6 Å². The summed E-state index contributed by atoms with van der Waals surface area (Å²) in [7, 11) is 0. The van der Waals surface area contributed by atoms with Gasteiger partial charge in [-0.25, -0.2) is 4.85 Å². The Morgan fingerprint density at radius 3 is 2.34 bits per heavy atom. The van der Waals surface area contributed by atoms with Crippen molar-refractivity contribution in [3.63, 3.8) is 0 Å². The number of aliphatic hydroxyl groups excluding tert-OH is 1. The van der Waals surface area contributed by atoms with Crippen molar-refractivity contribution < 1.29 is 19.1 Å². The van der Waals surface area contributed by atoms with Crippen LogP contribution in [0.5, 0.6) is 0 Å². The third-order valence-corrected chi connectivity index (χ3v) is 13.4. The summed E-state index contributed by atoms with van der Waals surface area (Å²) >= 11 is 0. The number of hydrogen-bond acceptors (Lipinski definition) is 6. The van der Waals surface area contributed by atoms with Crippen LogP contribution in [0.15, 0.2) is 27.8 Å². The summed E-state index contributed by atoms with van der Waals surface area (Å²) in [6, 6.07) is 0. The average Bonchev–Trinajstić information content (AvgIpc) is 3.41. The number of carbonyl (C=O) groups is 2. The van der Waals surface area contributed by atoms with Gasteiger partial charge in [0.2, 0.25) is 17.5 Å². The Morgan fingerprint density at radius 2 is 1.71 bits per heavy atom. The fourth-order valence-corrected chi connectivity index (χ4v) is 10.5. The Labute approximate surface area is 244 Å². The zero-order valence-corrected chi connectivity index (χ0v) is 25.9. The molecule has 3 saturated carbocycles. The van der Waals surface area contributed by atoms with Crippen LogP contribution in [0.3, 0.4) is 0 Å². The van der Waals surface area contributed by atoms with Crippen LogP contribution in [0.4, 0.5) is 0 Å². The van der Waals surface area contributed by atoms with Gasteiger partial charge in [0.15, 0.2) is 11.6 Å². The first-order valence-corrected chi connectivity index (χ1v) is 15.4. The quantitative estimate of drug-likeness (QED) is 0.394. The van der Waals surface area contributed by atoms with Crippen LogP contribution in [-0.2, 0) is 15.0 Å². The van der Waals surface area contributed by atoms with E-state index in [1.165, 1.54) is 0 Å². The number of aliphatic hydroxyl groups is 1. The van der Waals surface area contributed by atoms with Crippen molar-refractivity contribution in [3.8, 4) is 0 Å². The summed E-state index contributed by atoms with van der Waals surface area (Å²) in [6.07, 6.45) is 9.61. The molecule has 0 bridgehead atoms. The van der Waals surface area contributed by atoms with E-state index in [1.807, 2.05) is 26.0 Å². The Bertz CT molecular complexity index is 1450. The fraction of sp³-hybridized carbons (Fsp3) is 0.735. The molecule has 220 valence electrons. The molecule has 1 aromatic heterocycles. The van der Waals surface area contributed by atoms with Gasteiger partial charge in [0.1, 0.15) is 6.10 Å². The molecule has 5 aliphatic rings. The van der Waals surface area contributed by atoms with E-state index in [1.54, 1.807) is 6.92 Å². The van der Waals surface area contributed by atoms with Gasteiger partial charge in [0.25, 0.3) is 0 Å². The SMILES string of the molecule is [C-]#[N+]C1=C[C@]2(C)C3=CC(=O)[C@@H]4[C@@H]5C[C@@](C)(c6nnc([C@H](C)O)o6)CC[C@]5(C)CC[C@@]4(C)[C@]3(C)CC[C@H]2C(C)(C)C1=O. The minimum atomic E-state index is -0.816. The minimum absolute atomic E-state index is 0.0473. The Morgan fingerprint density at radius 1 is 1.02 bits per heavy atom. The molecule has 7 nitrogen and oxygen atoms in total. The molecule has 0 radical (unpaired) electrons. The number of carbonyl (C=O) groups excluding carboxylic acids is 2. The van der Waals surface area contributed by atoms with Crippen LogP contribution in [0, 0.1) is 51.4 Å². The maximum Gasteiger partial charge on any atom is 0.244 e. The Hall–Kier alpha value is -2.59. The number of Topliss-reactive ketones (excluding diaryl/α,β-unsaturated/α-hetero) is 1. The second-order valence-electron chi connectivity index (χ2n) is 15.9. The van der Waals surface area contributed by atoms with E-state index >= 15 is 0 Å². The van der Waals surface area contributed by atoms with E-state index in [0.717, 1.165) is 50.5 Å². The molecule has 0 amide bonds. The van der Waals surface area contributed by atoms with Crippen molar-refractivity contribution >= 4 is 11.6 Å². The standard InChI is InChI=1S/C34H45N3O4/c1-19(38)27-36-37-28(41-27)31(5)13-12-30(4)14-15-34(8)25(20(30)17-31)22(39)16-24-32(6)18-21(35-9)26(40)29(2,3)23(32)10-11-33(24,34)7/h16,18-20,23,25,38H,10-15,17H2,1-8H3/t19-,20-,23-,25-,30+,31-,32-,33+,34+/m0/s1. The molecule has 0 spiro atoms. The van der Waals surface area contributed by atoms with Gasteiger partial charge in [0.05, 0.1) is 6.57 Å². The van der Waals surface area contributed by atoms with Crippen LogP contribution in [-0.4, -0.2) is 26.9 Å². The smallest absolute Gasteiger partial charge is 0.244 e. The lowest BCUT2D eigenvalue weighted by Gasteiger charge is -2.69. The molecular formula is C34H45N3O4. The summed E-state index contributed by atoms with van der Waals surface area (Å²) < 4.78 is 5.99. The van der Waals surface area contributed by atoms with Crippen molar-refractivity contribution in [1.29, 1.82) is 0 Å². The Balaban J connectivity index is 1.46. The molecule has 5 aliphatic carbocycles. The molecule has 0 unspecified atom stereocenters. The molecule has 0 aromatic carbocycles. The highest BCUT2D eigenvalue weighted by Gasteiger charge is 2.69. The van der Waals surface area contributed by atoms with Gasteiger partial charge in [-0.15, -0.1) is 10.2 Å². The summed E-state index contributed by atoms with van der Waals surface area (Å²) in [5, 5.41) is 18.5. The van der Waals surface area contributed by atoms with Crippen LogP contribution >= 0.6 is 0 Å². The van der Waals surface area contributed by atoms with E-state index in [9.17, 15) is 14.7 Å². The number of rotatable bonds is 2. The maximum atomic E-state index is 14.6. The largest absolute Gasteiger partial charge is 0.422 e. The first kappa shape index (κ1) is 28.5. The number of aromatic nitrogens is 2. The molecule has 9 atom stereocenters. The van der Waals surface area contributed by atoms with Crippen LogP contribution in [0.1, 0.15) is 118 Å². The molecule has 3 fully saturated rings. The number of nitrogens with zero attached hydrogens (tertiary/aromatic N) is 3. The Kier molecular flexibility index (Phi) is 5.91. The van der Waals surface area contributed by atoms with Gasteiger partial charge < -0.3 is 14.3 Å². The molecular weight excluding hydrogens is 514 g/mol. The zero-order chi connectivity index (χ0) is 30.0. The number of allylic oxidation sites excluding steroid dienone is 4. The topological polar surface area (TPSA) is 97.7 Å². The van der Waals surface area contributed by atoms with Gasteiger partial charge in [-0.3, -0.25) is 4.79 Å². The summed E-state index contributed by atoms with van der Waals surface area (Å²) in [4.78, 5) is 31.5. The number of hydrogen-bond donors (Lipinski definition) is 1.